The molecule has 0 saturated carbocycles. The summed E-state index contributed by atoms with van der Waals surface area (Å²) in [5.41, 5.74) is 2.03. The third-order valence-electron chi connectivity index (χ3n) is 5.29. The van der Waals surface area contributed by atoms with Crippen molar-refractivity contribution in [1.29, 1.82) is 0 Å². The number of carbonyl (C=O) groups is 2. The lowest BCUT2D eigenvalue weighted by Gasteiger charge is -2.21. The Balaban J connectivity index is 1.42. The van der Waals surface area contributed by atoms with E-state index in [0.29, 0.717) is 19.5 Å². The molecular formula is C22H23N5O2. The first kappa shape index (κ1) is 18.9. The molecule has 7 heteroatoms. The Hall–Kier alpha value is -3.48. The molecule has 2 unspecified atom stereocenters. The van der Waals surface area contributed by atoms with Crippen LogP contribution in [0.3, 0.4) is 0 Å². The van der Waals surface area contributed by atoms with E-state index in [1.54, 1.807) is 23.5 Å². The summed E-state index contributed by atoms with van der Waals surface area (Å²) in [6.07, 6.45) is 8.29. The number of rotatable bonds is 5. The molecule has 1 saturated heterocycles. The zero-order chi connectivity index (χ0) is 20.1. The van der Waals surface area contributed by atoms with Crippen LogP contribution >= 0.6 is 0 Å². The first-order valence-corrected chi connectivity index (χ1v) is 9.73. The Morgan fingerprint density at radius 3 is 2.76 bits per heavy atom. The molecule has 0 bridgehead atoms. The molecule has 4 rings (SSSR count). The number of hydrogen-bond acceptors (Lipinski definition) is 4. The molecule has 0 aliphatic carbocycles. The summed E-state index contributed by atoms with van der Waals surface area (Å²) >= 11 is 0. The van der Waals surface area contributed by atoms with Gasteiger partial charge < -0.3 is 15.2 Å². The van der Waals surface area contributed by atoms with E-state index in [2.05, 4.69) is 20.3 Å². The molecule has 7 nitrogen and oxygen atoms in total. The van der Waals surface area contributed by atoms with Gasteiger partial charge in [0, 0.05) is 50.2 Å². The Morgan fingerprint density at radius 2 is 2.03 bits per heavy atom. The van der Waals surface area contributed by atoms with Crippen LogP contribution in [0.15, 0.2) is 67.3 Å². The Morgan fingerprint density at radius 1 is 1.17 bits per heavy atom. The first-order valence-electron chi connectivity index (χ1n) is 9.73. The van der Waals surface area contributed by atoms with Gasteiger partial charge in [0.2, 0.25) is 0 Å². The fraction of sp³-hybridized carbons (Fsp3) is 0.273. The van der Waals surface area contributed by atoms with Crippen LogP contribution in [-0.2, 0) is 16.0 Å². The molecule has 1 aromatic carbocycles. The maximum absolute atomic E-state index is 12.8. The van der Waals surface area contributed by atoms with Crippen LogP contribution in [0, 0.1) is 0 Å². The van der Waals surface area contributed by atoms with Gasteiger partial charge in [0.05, 0.1) is 6.04 Å². The molecule has 148 valence electrons. The molecule has 2 aromatic heterocycles. The molecule has 2 atom stereocenters. The molecule has 2 N–H and O–H groups in total. The van der Waals surface area contributed by atoms with E-state index in [-0.39, 0.29) is 12.0 Å². The highest BCUT2D eigenvalue weighted by Crippen LogP contribution is 2.26. The fourth-order valence-electron chi connectivity index (χ4n) is 3.74. The molecular weight excluding hydrogens is 366 g/mol. The fourth-order valence-corrected chi connectivity index (χ4v) is 3.74. The SMILES string of the molecule is O=C(NC(Cc1ncc[nH]1)c1ccccc1)C(=O)N1CCC(c2cccnc2)C1. The maximum Gasteiger partial charge on any atom is 0.311 e. The van der Waals surface area contributed by atoms with Crippen LogP contribution in [0.1, 0.15) is 35.3 Å². The number of benzene rings is 1. The van der Waals surface area contributed by atoms with Crippen molar-refractivity contribution in [2.24, 2.45) is 0 Å². The Bertz CT molecular complexity index is 944. The zero-order valence-electron chi connectivity index (χ0n) is 16.0. The van der Waals surface area contributed by atoms with Gasteiger partial charge in [-0.3, -0.25) is 14.6 Å². The molecule has 29 heavy (non-hydrogen) atoms. The number of pyridine rings is 1. The second kappa shape index (κ2) is 8.68. The number of aromatic nitrogens is 3. The van der Waals surface area contributed by atoms with Crippen molar-refractivity contribution in [1.82, 2.24) is 25.2 Å². The second-order valence-electron chi connectivity index (χ2n) is 7.20. The molecule has 0 spiro atoms. The summed E-state index contributed by atoms with van der Waals surface area (Å²) in [4.78, 5) is 38.6. The average molecular weight is 389 g/mol. The highest BCUT2D eigenvalue weighted by Gasteiger charge is 2.32. The third-order valence-corrected chi connectivity index (χ3v) is 5.29. The van der Waals surface area contributed by atoms with E-state index in [9.17, 15) is 9.59 Å². The van der Waals surface area contributed by atoms with Crippen molar-refractivity contribution in [3.05, 3.63) is 84.2 Å². The van der Waals surface area contributed by atoms with Gasteiger partial charge in [-0.15, -0.1) is 0 Å². The molecule has 0 radical (unpaired) electrons. The van der Waals surface area contributed by atoms with Crippen molar-refractivity contribution >= 4 is 11.8 Å². The second-order valence-corrected chi connectivity index (χ2v) is 7.20. The summed E-state index contributed by atoms with van der Waals surface area (Å²) in [5, 5.41) is 2.90. The minimum Gasteiger partial charge on any atom is -0.349 e. The van der Waals surface area contributed by atoms with E-state index in [1.807, 2.05) is 48.7 Å². The Kier molecular flexibility index (Phi) is 5.65. The smallest absolute Gasteiger partial charge is 0.311 e. The molecule has 3 aromatic rings. The Labute approximate surface area is 169 Å². The van der Waals surface area contributed by atoms with Crippen LogP contribution < -0.4 is 5.32 Å². The third kappa shape index (κ3) is 4.51. The quantitative estimate of drug-likeness (QED) is 0.655. The summed E-state index contributed by atoms with van der Waals surface area (Å²) in [6.45, 7) is 1.10. The van der Waals surface area contributed by atoms with Gasteiger partial charge in [0.1, 0.15) is 5.82 Å². The van der Waals surface area contributed by atoms with E-state index in [1.165, 1.54) is 0 Å². The number of amides is 2. The van der Waals surface area contributed by atoms with Crippen molar-refractivity contribution in [3.8, 4) is 0 Å². The highest BCUT2D eigenvalue weighted by atomic mass is 16.2. The lowest BCUT2D eigenvalue weighted by atomic mass is 10.0. The first-order chi connectivity index (χ1) is 14.2. The summed E-state index contributed by atoms with van der Waals surface area (Å²) in [5.74, 6) is -0.105. The number of H-pyrrole nitrogens is 1. The number of imidazole rings is 1. The van der Waals surface area contributed by atoms with Crippen molar-refractivity contribution in [3.63, 3.8) is 0 Å². The lowest BCUT2D eigenvalue weighted by molar-refractivity contribution is -0.145. The minimum atomic E-state index is -0.586. The molecule has 2 amide bonds. The largest absolute Gasteiger partial charge is 0.349 e. The van der Waals surface area contributed by atoms with Gasteiger partial charge in [-0.25, -0.2) is 4.98 Å². The normalized spacial score (nSPS) is 17.1. The predicted octanol–water partition coefficient (Wildman–Crippen LogP) is 2.22. The van der Waals surface area contributed by atoms with Crippen LogP contribution in [0.4, 0.5) is 0 Å². The van der Waals surface area contributed by atoms with E-state index < -0.39 is 11.8 Å². The van der Waals surface area contributed by atoms with E-state index in [0.717, 1.165) is 23.4 Å². The molecule has 1 fully saturated rings. The van der Waals surface area contributed by atoms with Gasteiger partial charge in [0.15, 0.2) is 0 Å². The van der Waals surface area contributed by atoms with Gasteiger partial charge in [-0.2, -0.15) is 0 Å². The van der Waals surface area contributed by atoms with Gasteiger partial charge in [-0.1, -0.05) is 36.4 Å². The molecule has 1 aliphatic rings. The number of hydrogen-bond donors (Lipinski definition) is 2. The number of nitrogens with zero attached hydrogens (tertiary/aromatic N) is 3. The van der Waals surface area contributed by atoms with Crippen LogP contribution in [-0.4, -0.2) is 44.8 Å². The molecule has 1 aliphatic heterocycles. The van der Waals surface area contributed by atoms with Crippen LogP contribution in [0.25, 0.3) is 0 Å². The number of likely N-dealkylation sites (tertiary alicyclic amines) is 1. The number of aromatic amines is 1. The average Bonchev–Trinajstić information content (AvgIpc) is 3.46. The van der Waals surface area contributed by atoms with E-state index in [4.69, 9.17) is 0 Å². The maximum atomic E-state index is 12.8. The van der Waals surface area contributed by atoms with E-state index >= 15 is 0 Å². The molecule has 3 heterocycles. The summed E-state index contributed by atoms with van der Waals surface area (Å²) in [7, 11) is 0. The minimum absolute atomic E-state index is 0.216. The van der Waals surface area contributed by atoms with Crippen molar-refractivity contribution in [2.75, 3.05) is 13.1 Å². The zero-order valence-corrected chi connectivity index (χ0v) is 16.0. The monoisotopic (exact) mass is 389 g/mol. The van der Waals surface area contributed by atoms with Crippen LogP contribution in [0.2, 0.25) is 0 Å². The van der Waals surface area contributed by atoms with Gasteiger partial charge in [-0.05, 0) is 23.6 Å². The number of carbonyl (C=O) groups excluding carboxylic acids is 2. The summed E-state index contributed by atoms with van der Waals surface area (Å²) in [6, 6.07) is 13.2. The predicted molar refractivity (Wildman–Crippen MR) is 108 cm³/mol. The number of nitrogens with one attached hydrogen (secondary N) is 2. The topological polar surface area (TPSA) is 91.0 Å². The van der Waals surface area contributed by atoms with Crippen molar-refractivity contribution < 1.29 is 9.59 Å². The van der Waals surface area contributed by atoms with Crippen LogP contribution in [0.5, 0.6) is 0 Å². The van der Waals surface area contributed by atoms with Crippen molar-refractivity contribution in [2.45, 2.75) is 24.8 Å². The standard InChI is InChI=1S/C22H23N5O2/c28-21(22(29)27-12-8-18(15-27)17-7-4-9-23-14-17)26-19(13-20-24-10-11-25-20)16-5-2-1-3-6-16/h1-7,9-11,14,18-19H,8,12-13,15H2,(H,24,25)(H,26,28). The summed E-state index contributed by atoms with van der Waals surface area (Å²) < 4.78 is 0. The van der Waals surface area contributed by atoms with Gasteiger partial charge >= 0.3 is 11.8 Å². The van der Waals surface area contributed by atoms with Gasteiger partial charge in [0.25, 0.3) is 0 Å². The highest BCUT2D eigenvalue weighted by molar-refractivity contribution is 6.35. The lowest BCUT2D eigenvalue weighted by Crippen LogP contribution is -2.43.